The van der Waals surface area contributed by atoms with E-state index in [0.29, 0.717) is 12.3 Å². The lowest BCUT2D eigenvalue weighted by molar-refractivity contribution is -0.142. The lowest BCUT2D eigenvalue weighted by Crippen LogP contribution is -2.46. The number of carboxylic acid groups (broad SMARTS) is 1. The largest absolute Gasteiger partial charge is 0.480 e. The highest BCUT2D eigenvalue weighted by molar-refractivity contribution is 7.99. The smallest absolute Gasteiger partial charge is 0.321 e. The van der Waals surface area contributed by atoms with Crippen molar-refractivity contribution in [1.29, 1.82) is 0 Å². The Bertz CT molecular complexity index is 537. The van der Waals surface area contributed by atoms with Crippen molar-refractivity contribution in [3.63, 3.8) is 0 Å². The maximum Gasteiger partial charge on any atom is 0.321 e. The molecule has 96 valence electrons. The highest BCUT2D eigenvalue weighted by atomic mass is 32.2. The van der Waals surface area contributed by atoms with Crippen LogP contribution in [0.1, 0.15) is 5.69 Å². The maximum absolute atomic E-state index is 11.2. The predicted molar refractivity (Wildman–Crippen MR) is 72.2 cm³/mol. The van der Waals surface area contributed by atoms with Crippen molar-refractivity contribution in [2.24, 2.45) is 0 Å². The molecule has 3 rings (SSSR count). The molecule has 2 aromatic heterocycles. The van der Waals surface area contributed by atoms with E-state index in [-0.39, 0.29) is 6.04 Å². The normalized spacial score (nSPS) is 21.4. The van der Waals surface area contributed by atoms with Crippen LogP contribution in [0.5, 0.6) is 0 Å². The van der Waals surface area contributed by atoms with Crippen LogP contribution in [0.2, 0.25) is 0 Å². The summed E-state index contributed by atoms with van der Waals surface area (Å²) in [6, 6.07) is -0.386. The van der Waals surface area contributed by atoms with E-state index in [2.05, 4.69) is 4.98 Å². The molecule has 1 atom stereocenters. The molecule has 18 heavy (non-hydrogen) atoms. The van der Waals surface area contributed by atoms with E-state index in [1.54, 1.807) is 23.1 Å². The third-order valence-electron chi connectivity index (χ3n) is 3.03. The fourth-order valence-corrected chi connectivity index (χ4v) is 3.94. The summed E-state index contributed by atoms with van der Waals surface area (Å²) in [4.78, 5) is 18.7. The maximum atomic E-state index is 11.2. The molecule has 0 bridgehead atoms. The summed E-state index contributed by atoms with van der Waals surface area (Å²) >= 11 is 3.30. The van der Waals surface area contributed by atoms with Crippen molar-refractivity contribution in [3.8, 4) is 0 Å². The minimum atomic E-state index is -0.733. The molecule has 1 fully saturated rings. The van der Waals surface area contributed by atoms with Gasteiger partial charge < -0.3 is 5.11 Å². The zero-order chi connectivity index (χ0) is 12.5. The summed E-state index contributed by atoms with van der Waals surface area (Å²) in [5.41, 5.74) is 0.944. The van der Waals surface area contributed by atoms with Gasteiger partial charge in [0.1, 0.15) is 6.04 Å². The fourth-order valence-electron chi connectivity index (χ4n) is 2.12. The van der Waals surface area contributed by atoms with Crippen molar-refractivity contribution in [1.82, 2.24) is 14.3 Å². The van der Waals surface area contributed by atoms with Gasteiger partial charge in [0.25, 0.3) is 0 Å². The molecule has 0 spiro atoms. The Morgan fingerprint density at radius 1 is 1.61 bits per heavy atom. The number of hydrogen-bond donors (Lipinski definition) is 1. The average molecular weight is 283 g/mol. The van der Waals surface area contributed by atoms with Crippen LogP contribution in [0.15, 0.2) is 17.8 Å². The van der Waals surface area contributed by atoms with Gasteiger partial charge in [0.05, 0.1) is 5.69 Å². The van der Waals surface area contributed by atoms with E-state index < -0.39 is 5.97 Å². The number of aromatic nitrogens is 2. The molecule has 0 saturated carbocycles. The van der Waals surface area contributed by atoms with Gasteiger partial charge in [-0.15, -0.1) is 11.3 Å². The average Bonchev–Trinajstić information content (AvgIpc) is 2.90. The number of thioether (sulfide) groups is 1. The number of fused-ring (bicyclic) bond motifs is 1. The molecule has 1 N–H and O–H groups in total. The Morgan fingerprint density at radius 3 is 3.28 bits per heavy atom. The molecule has 5 nitrogen and oxygen atoms in total. The van der Waals surface area contributed by atoms with Crippen molar-refractivity contribution in [2.75, 3.05) is 18.1 Å². The molecule has 3 heterocycles. The SMILES string of the molecule is O=C(O)C1CSCCN1Cc1cn2ccsc2n1. The molecule has 2 aromatic rings. The van der Waals surface area contributed by atoms with E-state index in [9.17, 15) is 9.90 Å². The van der Waals surface area contributed by atoms with Gasteiger partial charge in [-0.05, 0) is 0 Å². The second-order valence-electron chi connectivity index (χ2n) is 4.22. The summed E-state index contributed by atoms with van der Waals surface area (Å²) in [6.07, 6.45) is 3.95. The zero-order valence-electron chi connectivity index (χ0n) is 9.65. The van der Waals surface area contributed by atoms with E-state index in [0.717, 1.165) is 23.0 Å². The lowest BCUT2D eigenvalue weighted by atomic mass is 10.2. The van der Waals surface area contributed by atoms with Crippen LogP contribution in [0.3, 0.4) is 0 Å². The summed E-state index contributed by atoms with van der Waals surface area (Å²) in [7, 11) is 0. The number of hydrogen-bond acceptors (Lipinski definition) is 5. The Kier molecular flexibility index (Phi) is 3.27. The summed E-state index contributed by atoms with van der Waals surface area (Å²) in [6.45, 7) is 1.43. The number of rotatable bonds is 3. The first kappa shape index (κ1) is 12.0. The van der Waals surface area contributed by atoms with Gasteiger partial charge >= 0.3 is 5.97 Å². The number of aliphatic carboxylic acids is 1. The first-order chi connectivity index (χ1) is 8.74. The number of imidazole rings is 1. The Balaban J connectivity index is 1.77. The summed E-state index contributed by atoms with van der Waals surface area (Å²) in [5, 5.41) is 11.2. The zero-order valence-corrected chi connectivity index (χ0v) is 11.3. The van der Waals surface area contributed by atoms with Crippen LogP contribution in [0.25, 0.3) is 4.96 Å². The van der Waals surface area contributed by atoms with Crippen LogP contribution in [0.4, 0.5) is 0 Å². The molecular formula is C11H13N3O2S2. The monoisotopic (exact) mass is 283 g/mol. The Morgan fingerprint density at radius 2 is 2.50 bits per heavy atom. The first-order valence-corrected chi connectivity index (χ1v) is 7.73. The number of thiazole rings is 1. The molecule has 1 aliphatic rings. The standard InChI is InChI=1S/C11H13N3O2S2/c15-10(16)9-7-17-3-1-13(9)5-8-6-14-2-4-18-11(14)12-8/h2,4,6,9H,1,3,5,7H2,(H,15,16). The van der Waals surface area contributed by atoms with Gasteiger partial charge in [-0.1, -0.05) is 0 Å². The highest BCUT2D eigenvalue weighted by Crippen LogP contribution is 2.20. The van der Waals surface area contributed by atoms with Crippen LogP contribution in [0, 0.1) is 0 Å². The minimum Gasteiger partial charge on any atom is -0.480 e. The van der Waals surface area contributed by atoms with E-state index in [4.69, 9.17) is 0 Å². The third-order valence-corrected chi connectivity index (χ3v) is 4.83. The molecule has 1 saturated heterocycles. The molecule has 1 aliphatic heterocycles. The topological polar surface area (TPSA) is 57.8 Å². The molecule has 7 heteroatoms. The van der Waals surface area contributed by atoms with Crippen LogP contribution in [-0.4, -0.2) is 49.5 Å². The summed E-state index contributed by atoms with van der Waals surface area (Å²) < 4.78 is 1.98. The van der Waals surface area contributed by atoms with Crippen molar-refractivity contribution in [3.05, 3.63) is 23.5 Å². The van der Waals surface area contributed by atoms with Crippen molar-refractivity contribution in [2.45, 2.75) is 12.6 Å². The van der Waals surface area contributed by atoms with Crippen LogP contribution in [-0.2, 0) is 11.3 Å². The molecule has 0 amide bonds. The molecule has 0 aromatic carbocycles. The van der Waals surface area contributed by atoms with Crippen molar-refractivity contribution >= 4 is 34.0 Å². The van der Waals surface area contributed by atoms with Crippen LogP contribution >= 0.6 is 23.1 Å². The molecular weight excluding hydrogens is 270 g/mol. The minimum absolute atomic E-state index is 0.386. The molecule has 0 radical (unpaired) electrons. The van der Waals surface area contributed by atoms with Crippen LogP contribution < -0.4 is 0 Å². The second kappa shape index (κ2) is 4.91. The van der Waals surface area contributed by atoms with Gasteiger partial charge in [0.15, 0.2) is 4.96 Å². The van der Waals surface area contributed by atoms with Gasteiger partial charge in [-0.2, -0.15) is 11.8 Å². The van der Waals surface area contributed by atoms with Gasteiger partial charge in [0, 0.05) is 42.4 Å². The van der Waals surface area contributed by atoms with Crippen molar-refractivity contribution < 1.29 is 9.90 Å². The third kappa shape index (κ3) is 2.25. The predicted octanol–water partition coefficient (Wildman–Crippen LogP) is 1.40. The Labute approximate surface area is 112 Å². The quantitative estimate of drug-likeness (QED) is 0.922. The second-order valence-corrected chi connectivity index (χ2v) is 6.25. The fraction of sp³-hybridized carbons (Fsp3) is 0.455. The van der Waals surface area contributed by atoms with Gasteiger partial charge in [-0.25, -0.2) is 4.98 Å². The number of nitrogens with zero attached hydrogens (tertiary/aromatic N) is 3. The number of carboxylic acids is 1. The molecule has 1 unspecified atom stereocenters. The lowest BCUT2D eigenvalue weighted by Gasteiger charge is -2.31. The summed E-state index contributed by atoms with van der Waals surface area (Å²) in [5.74, 6) is 0.923. The van der Waals surface area contributed by atoms with E-state index in [1.807, 2.05) is 27.1 Å². The van der Waals surface area contributed by atoms with E-state index in [1.165, 1.54) is 0 Å². The van der Waals surface area contributed by atoms with Gasteiger partial charge in [-0.3, -0.25) is 14.1 Å². The van der Waals surface area contributed by atoms with Gasteiger partial charge in [0.2, 0.25) is 0 Å². The first-order valence-electron chi connectivity index (χ1n) is 5.70. The Hall–Kier alpha value is -1.05. The van der Waals surface area contributed by atoms with E-state index >= 15 is 0 Å². The number of carbonyl (C=O) groups is 1. The molecule has 0 aliphatic carbocycles. The highest BCUT2D eigenvalue weighted by Gasteiger charge is 2.29.